The third-order valence-electron chi connectivity index (χ3n) is 0.330. The van der Waals surface area contributed by atoms with Crippen molar-refractivity contribution in [2.45, 2.75) is 6.92 Å². The summed E-state index contributed by atoms with van der Waals surface area (Å²) in [5, 5.41) is 0. The lowest BCUT2D eigenvalue weighted by molar-refractivity contribution is 1.62. The van der Waals surface area contributed by atoms with E-state index >= 15 is 0 Å². The lowest BCUT2D eigenvalue weighted by Crippen LogP contribution is -1.49. The minimum absolute atomic E-state index is 1.57. The first-order valence-corrected chi connectivity index (χ1v) is 1.81. The van der Waals surface area contributed by atoms with Crippen LogP contribution in [0.25, 0.3) is 0 Å². The maximum absolute atomic E-state index is 3.40. The SMILES string of the molecule is C=CC#C[CH]C. The summed E-state index contributed by atoms with van der Waals surface area (Å²) >= 11 is 0. The molecule has 0 N–H and O–H groups in total. The standard InChI is InChI=1S/C6H7/c1-3-5-6-4-2/h3-4H,1H2,2H3. The van der Waals surface area contributed by atoms with Crippen LogP contribution in [0.2, 0.25) is 0 Å². The van der Waals surface area contributed by atoms with Crippen molar-refractivity contribution in [3.8, 4) is 11.8 Å². The molecule has 0 saturated carbocycles. The largest absolute Gasteiger partial charge is 0.0941 e. The normalized spacial score (nSPS) is 5.50. The van der Waals surface area contributed by atoms with Gasteiger partial charge in [-0.25, -0.2) is 0 Å². The number of allylic oxidation sites excluding steroid dienone is 1. The van der Waals surface area contributed by atoms with Crippen LogP contribution in [0.4, 0.5) is 0 Å². The first-order chi connectivity index (χ1) is 2.91. The summed E-state index contributed by atoms with van der Waals surface area (Å²) in [6, 6.07) is 0. The Morgan fingerprint density at radius 3 is 2.33 bits per heavy atom. The number of hydrogen-bond donors (Lipinski definition) is 0. The van der Waals surface area contributed by atoms with E-state index in [0.29, 0.717) is 0 Å². The van der Waals surface area contributed by atoms with Crippen LogP contribution >= 0.6 is 0 Å². The molecule has 0 fully saturated rings. The van der Waals surface area contributed by atoms with E-state index in [-0.39, 0.29) is 0 Å². The van der Waals surface area contributed by atoms with E-state index in [1.165, 1.54) is 0 Å². The lowest BCUT2D eigenvalue weighted by atomic mass is 10.5. The fourth-order valence-corrected chi connectivity index (χ4v) is 0.142. The van der Waals surface area contributed by atoms with Gasteiger partial charge in [0.15, 0.2) is 0 Å². The molecule has 0 unspecified atom stereocenters. The van der Waals surface area contributed by atoms with Crippen molar-refractivity contribution in [3.05, 3.63) is 19.1 Å². The molecule has 0 aromatic carbocycles. The molecule has 0 aliphatic carbocycles. The third kappa shape index (κ3) is 3.30. The Labute approximate surface area is 38.9 Å². The molecule has 0 saturated heterocycles. The van der Waals surface area contributed by atoms with Crippen LogP contribution in [0.15, 0.2) is 12.7 Å². The van der Waals surface area contributed by atoms with Gasteiger partial charge in [0, 0.05) is 6.42 Å². The zero-order chi connectivity index (χ0) is 4.83. The quantitative estimate of drug-likeness (QED) is 0.385. The fraction of sp³-hybridized carbons (Fsp3) is 0.167. The first kappa shape index (κ1) is 5.30. The number of rotatable bonds is 0. The first-order valence-electron chi connectivity index (χ1n) is 1.81. The van der Waals surface area contributed by atoms with Gasteiger partial charge in [0.05, 0.1) is 0 Å². The van der Waals surface area contributed by atoms with Gasteiger partial charge in [0.25, 0.3) is 0 Å². The van der Waals surface area contributed by atoms with Crippen molar-refractivity contribution in [2.24, 2.45) is 0 Å². The fourth-order valence-electron chi connectivity index (χ4n) is 0.142. The maximum Gasteiger partial charge on any atom is 0.0313 e. The molecule has 0 aliphatic rings. The lowest BCUT2D eigenvalue weighted by Gasteiger charge is -1.59. The molecule has 0 aromatic rings. The van der Waals surface area contributed by atoms with Crippen molar-refractivity contribution >= 4 is 0 Å². The molecule has 31 valence electrons. The van der Waals surface area contributed by atoms with Crippen molar-refractivity contribution in [1.29, 1.82) is 0 Å². The second-order valence-corrected chi connectivity index (χ2v) is 0.781. The van der Waals surface area contributed by atoms with Crippen LogP contribution in [-0.4, -0.2) is 0 Å². The molecular weight excluding hydrogens is 72.1 g/mol. The molecule has 0 heterocycles. The second-order valence-electron chi connectivity index (χ2n) is 0.781. The molecule has 0 heteroatoms. The van der Waals surface area contributed by atoms with Gasteiger partial charge in [-0.1, -0.05) is 25.3 Å². The predicted octanol–water partition coefficient (Wildman–Crippen LogP) is 1.40. The molecule has 0 nitrogen and oxygen atoms in total. The van der Waals surface area contributed by atoms with Crippen molar-refractivity contribution < 1.29 is 0 Å². The minimum atomic E-state index is 1.57. The third-order valence-corrected chi connectivity index (χ3v) is 0.330. The van der Waals surface area contributed by atoms with Crippen LogP contribution < -0.4 is 0 Å². The molecular formula is C6H7. The highest BCUT2D eigenvalue weighted by atomic mass is 13.6. The van der Waals surface area contributed by atoms with E-state index < -0.39 is 0 Å². The summed E-state index contributed by atoms with van der Waals surface area (Å²) in [7, 11) is 0. The Balaban J connectivity index is 3.13. The van der Waals surface area contributed by atoms with E-state index in [2.05, 4.69) is 18.4 Å². The molecule has 0 spiro atoms. The van der Waals surface area contributed by atoms with Crippen LogP contribution in [0.1, 0.15) is 6.92 Å². The molecule has 0 aromatic heterocycles. The Morgan fingerprint density at radius 1 is 1.50 bits per heavy atom. The highest BCUT2D eigenvalue weighted by Gasteiger charge is 1.52. The molecule has 0 atom stereocenters. The van der Waals surface area contributed by atoms with Gasteiger partial charge in [-0.05, 0) is 6.08 Å². The van der Waals surface area contributed by atoms with Crippen LogP contribution in [0, 0.1) is 18.3 Å². The van der Waals surface area contributed by atoms with E-state index in [4.69, 9.17) is 0 Å². The maximum atomic E-state index is 3.40. The highest BCUT2D eigenvalue weighted by molar-refractivity contribution is 5.16. The van der Waals surface area contributed by atoms with Crippen molar-refractivity contribution in [2.75, 3.05) is 0 Å². The van der Waals surface area contributed by atoms with Gasteiger partial charge < -0.3 is 0 Å². The molecule has 0 bridgehead atoms. The zero-order valence-corrected chi connectivity index (χ0v) is 3.86. The summed E-state index contributed by atoms with van der Waals surface area (Å²) in [6.45, 7) is 5.29. The molecule has 0 aliphatic heterocycles. The summed E-state index contributed by atoms with van der Waals surface area (Å²) < 4.78 is 0. The molecule has 6 heavy (non-hydrogen) atoms. The Morgan fingerprint density at radius 2 is 2.17 bits per heavy atom. The molecule has 0 amide bonds. The van der Waals surface area contributed by atoms with Gasteiger partial charge >= 0.3 is 0 Å². The molecule has 1 radical (unpaired) electrons. The summed E-state index contributed by atoms with van der Waals surface area (Å²) in [6.07, 6.45) is 3.35. The Bertz CT molecular complexity index is 79.9. The average Bonchev–Trinajstić information content (AvgIpc) is 1.61. The number of hydrogen-bond acceptors (Lipinski definition) is 0. The second kappa shape index (κ2) is 4.30. The van der Waals surface area contributed by atoms with Gasteiger partial charge in [0.1, 0.15) is 0 Å². The topological polar surface area (TPSA) is 0 Å². The van der Waals surface area contributed by atoms with Crippen LogP contribution in [0.3, 0.4) is 0 Å². The van der Waals surface area contributed by atoms with Crippen molar-refractivity contribution in [1.82, 2.24) is 0 Å². The average molecular weight is 79.1 g/mol. The summed E-state index contributed by atoms with van der Waals surface area (Å²) in [5.41, 5.74) is 0. The van der Waals surface area contributed by atoms with Gasteiger partial charge in [-0.15, -0.1) is 0 Å². The smallest absolute Gasteiger partial charge is 0.0313 e. The Hall–Kier alpha value is -0.700. The van der Waals surface area contributed by atoms with Crippen LogP contribution in [-0.2, 0) is 0 Å². The Kier molecular flexibility index (Phi) is 3.80. The van der Waals surface area contributed by atoms with Gasteiger partial charge in [0.2, 0.25) is 0 Å². The van der Waals surface area contributed by atoms with Gasteiger partial charge in [-0.2, -0.15) is 0 Å². The van der Waals surface area contributed by atoms with Crippen LogP contribution in [0.5, 0.6) is 0 Å². The van der Waals surface area contributed by atoms with E-state index in [9.17, 15) is 0 Å². The van der Waals surface area contributed by atoms with E-state index in [1.54, 1.807) is 12.5 Å². The summed E-state index contributed by atoms with van der Waals surface area (Å²) in [4.78, 5) is 0. The zero-order valence-electron chi connectivity index (χ0n) is 3.86. The summed E-state index contributed by atoms with van der Waals surface area (Å²) in [5.74, 6) is 5.36. The monoisotopic (exact) mass is 79.1 g/mol. The van der Waals surface area contributed by atoms with Gasteiger partial charge in [-0.3, -0.25) is 0 Å². The van der Waals surface area contributed by atoms with E-state index in [0.717, 1.165) is 0 Å². The van der Waals surface area contributed by atoms with Crippen molar-refractivity contribution in [3.63, 3.8) is 0 Å². The minimum Gasteiger partial charge on any atom is -0.0941 e. The highest BCUT2D eigenvalue weighted by Crippen LogP contribution is 1.62. The predicted molar refractivity (Wildman–Crippen MR) is 27.9 cm³/mol. The van der Waals surface area contributed by atoms with E-state index in [1.807, 2.05) is 6.92 Å². The molecule has 0 rings (SSSR count).